The average molecular weight is 326 g/mol. The van der Waals surface area contributed by atoms with Gasteiger partial charge >= 0.3 is 0 Å². The van der Waals surface area contributed by atoms with Gasteiger partial charge in [-0.3, -0.25) is 4.79 Å². The van der Waals surface area contributed by atoms with Crippen molar-refractivity contribution in [1.29, 1.82) is 0 Å². The van der Waals surface area contributed by atoms with Crippen molar-refractivity contribution in [3.8, 4) is 11.1 Å². The second kappa shape index (κ2) is 5.94. The van der Waals surface area contributed by atoms with E-state index in [1.807, 2.05) is 30.6 Å². The van der Waals surface area contributed by atoms with Crippen LogP contribution in [0.25, 0.3) is 11.1 Å². The monoisotopic (exact) mass is 326 g/mol. The third-order valence-electron chi connectivity index (χ3n) is 4.97. The summed E-state index contributed by atoms with van der Waals surface area (Å²) in [7, 11) is 0. The van der Waals surface area contributed by atoms with Crippen molar-refractivity contribution in [1.82, 2.24) is 14.9 Å². The summed E-state index contributed by atoms with van der Waals surface area (Å²) in [6.07, 6.45) is 5.36. The van der Waals surface area contributed by atoms with Crippen molar-refractivity contribution in [2.45, 2.75) is 31.9 Å². The molecule has 1 fully saturated rings. The average Bonchev–Trinajstić information content (AvgIpc) is 3.19. The minimum atomic E-state index is -0.256. The van der Waals surface area contributed by atoms with Crippen LogP contribution in [0.2, 0.25) is 0 Å². The molecule has 4 rings (SSSR count). The molecule has 0 spiro atoms. The number of aliphatic hydroxyl groups excluding tert-OH is 1. The highest BCUT2D eigenvalue weighted by Gasteiger charge is 2.23. The van der Waals surface area contributed by atoms with Gasteiger partial charge in [0.2, 0.25) is 0 Å². The van der Waals surface area contributed by atoms with E-state index in [4.69, 9.17) is 0 Å². The Balaban J connectivity index is 1.61. The molecule has 126 valence electrons. The van der Waals surface area contributed by atoms with Gasteiger partial charge in [0.25, 0.3) is 5.91 Å². The van der Waals surface area contributed by atoms with Crippen LogP contribution in [0.1, 0.15) is 36.3 Å². The first-order valence-corrected chi connectivity index (χ1v) is 8.51. The largest absolute Gasteiger partial charge is 0.391 e. The Labute approximate surface area is 141 Å². The summed E-state index contributed by atoms with van der Waals surface area (Å²) >= 11 is 0. The van der Waals surface area contributed by atoms with Crippen molar-refractivity contribution in [3.63, 3.8) is 0 Å². The highest BCUT2D eigenvalue weighted by Crippen LogP contribution is 2.28. The van der Waals surface area contributed by atoms with Crippen molar-refractivity contribution < 1.29 is 9.90 Å². The number of amides is 1. The van der Waals surface area contributed by atoms with Gasteiger partial charge in [-0.25, -0.2) is 4.98 Å². The second-order valence-corrected chi connectivity index (χ2v) is 6.71. The number of nitrogens with zero attached hydrogens (tertiary/aromatic N) is 3. The van der Waals surface area contributed by atoms with Crippen LogP contribution < -0.4 is 10.2 Å². The molecule has 4 heterocycles. The molecule has 1 unspecified atom stereocenters. The number of fused-ring (bicyclic) bond motifs is 1. The topological polar surface area (TPSA) is 70.4 Å². The molecule has 0 radical (unpaired) electrons. The molecule has 0 bridgehead atoms. The highest BCUT2D eigenvalue weighted by atomic mass is 16.3. The van der Waals surface area contributed by atoms with E-state index in [-0.39, 0.29) is 12.0 Å². The van der Waals surface area contributed by atoms with Crippen molar-refractivity contribution in [2.75, 3.05) is 24.5 Å². The molecule has 0 saturated carbocycles. The van der Waals surface area contributed by atoms with Crippen LogP contribution in [0.15, 0.2) is 30.6 Å². The number of β-amino-alcohol motifs (C(OH)–C–C–N with tert-alkyl or cyclic N) is 1. The molecule has 6 nitrogen and oxygen atoms in total. The number of aromatic nitrogens is 2. The van der Waals surface area contributed by atoms with Crippen LogP contribution in [0.3, 0.4) is 0 Å². The SMILES string of the molecule is CC1CCNC(=O)c2cc(-c3ccc(N4CC[C@@H](O)C4)nc3)cn21. The fourth-order valence-electron chi connectivity index (χ4n) is 3.50. The molecule has 2 N–H and O–H groups in total. The van der Waals surface area contributed by atoms with Gasteiger partial charge in [-0.05, 0) is 38.0 Å². The first-order chi connectivity index (χ1) is 11.6. The lowest BCUT2D eigenvalue weighted by molar-refractivity contribution is 0.0951. The first-order valence-electron chi connectivity index (χ1n) is 8.51. The van der Waals surface area contributed by atoms with Crippen LogP contribution in [0.4, 0.5) is 5.82 Å². The second-order valence-electron chi connectivity index (χ2n) is 6.71. The Morgan fingerprint density at radius 2 is 2.17 bits per heavy atom. The molecule has 24 heavy (non-hydrogen) atoms. The van der Waals surface area contributed by atoms with Crippen LogP contribution >= 0.6 is 0 Å². The molecule has 2 aliphatic heterocycles. The summed E-state index contributed by atoms with van der Waals surface area (Å²) in [5.41, 5.74) is 2.72. The van der Waals surface area contributed by atoms with E-state index in [9.17, 15) is 9.90 Å². The maximum Gasteiger partial charge on any atom is 0.267 e. The lowest BCUT2D eigenvalue weighted by Crippen LogP contribution is -2.22. The van der Waals surface area contributed by atoms with Gasteiger partial charge in [-0.15, -0.1) is 0 Å². The number of hydrogen-bond donors (Lipinski definition) is 2. The zero-order valence-corrected chi connectivity index (χ0v) is 13.8. The smallest absolute Gasteiger partial charge is 0.267 e. The summed E-state index contributed by atoms with van der Waals surface area (Å²) in [6, 6.07) is 6.25. The molecular weight excluding hydrogens is 304 g/mol. The van der Waals surface area contributed by atoms with E-state index in [1.165, 1.54) is 0 Å². The molecule has 1 saturated heterocycles. The van der Waals surface area contributed by atoms with Crippen LogP contribution in [-0.2, 0) is 0 Å². The lowest BCUT2D eigenvalue weighted by Gasteiger charge is -2.16. The number of hydrogen-bond acceptors (Lipinski definition) is 4. The minimum absolute atomic E-state index is 0.0127. The third kappa shape index (κ3) is 2.67. The normalized spacial score (nSPS) is 23.8. The zero-order chi connectivity index (χ0) is 16.7. The standard InChI is InChI=1S/C18H22N4O2/c1-12-4-6-19-18(24)16-8-14(10-22(12)16)13-2-3-17(20-9-13)21-7-5-15(23)11-21/h2-3,8-10,12,15,23H,4-7,11H2,1H3,(H,19,24)/t12?,15-/m1/s1. The number of pyridine rings is 1. The van der Waals surface area contributed by atoms with Crippen LogP contribution in [0, 0.1) is 0 Å². The van der Waals surface area contributed by atoms with Gasteiger partial charge in [0, 0.05) is 49.2 Å². The number of nitrogens with one attached hydrogen (secondary N) is 1. The van der Waals surface area contributed by atoms with Crippen LogP contribution in [0.5, 0.6) is 0 Å². The van der Waals surface area contributed by atoms with E-state index < -0.39 is 0 Å². The summed E-state index contributed by atoms with van der Waals surface area (Å²) in [5, 5.41) is 12.6. The maximum atomic E-state index is 12.2. The van der Waals surface area contributed by atoms with Crippen LogP contribution in [-0.4, -0.2) is 46.3 Å². The zero-order valence-electron chi connectivity index (χ0n) is 13.8. The third-order valence-corrected chi connectivity index (χ3v) is 4.97. The Morgan fingerprint density at radius 1 is 1.29 bits per heavy atom. The number of rotatable bonds is 2. The van der Waals surface area contributed by atoms with E-state index in [0.29, 0.717) is 18.3 Å². The Morgan fingerprint density at radius 3 is 2.88 bits per heavy atom. The van der Waals surface area contributed by atoms with E-state index in [0.717, 1.165) is 42.9 Å². The molecule has 2 aromatic heterocycles. The Kier molecular flexibility index (Phi) is 3.76. The summed E-state index contributed by atoms with van der Waals surface area (Å²) in [6.45, 7) is 4.33. The Bertz CT molecular complexity index is 753. The molecule has 2 aliphatic rings. The predicted molar refractivity (Wildman–Crippen MR) is 92.2 cm³/mol. The minimum Gasteiger partial charge on any atom is -0.391 e. The van der Waals surface area contributed by atoms with E-state index in [2.05, 4.69) is 26.7 Å². The maximum absolute atomic E-state index is 12.2. The van der Waals surface area contributed by atoms with Crippen molar-refractivity contribution >= 4 is 11.7 Å². The van der Waals surface area contributed by atoms with Crippen molar-refractivity contribution in [3.05, 3.63) is 36.3 Å². The molecule has 0 aliphatic carbocycles. The fraction of sp³-hybridized carbons (Fsp3) is 0.444. The van der Waals surface area contributed by atoms with Crippen molar-refractivity contribution in [2.24, 2.45) is 0 Å². The Hall–Kier alpha value is -2.34. The fourth-order valence-corrected chi connectivity index (χ4v) is 3.50. The predicted octanol–water partition coefficient (Wildman–Crippen LogP) is 1.82. The van der Waals surface area contributed by atoms with Gasteiger partial charge in [0.15, 0.2) is 0 Å². The molecule has 2 aromatic rings. The molecular formula is C18H22N4O2. The highest BCUT2D eigenvalue weighted by molar-refractivity contribution is 5.94. The van der Waals surface area contributed by atoms with E-state index in [1.54, 1.807) is 0 Å². The lowest BCUT2D eigenvalue weighted by atomic mass is 10.1. The summed E-state index contributed by atoms with van der Waals surface area (Å²) < 4.78 is 2.06. The number of carbonyl (C=O) groups excluding carboxylic acids is 1. The van der Waals surface area contributed by atoms with Gasteiger partial charge in [-0.2, -0.15) is 0 Å². The van der Waals surface area contributed by atoms with E-state index >= 15 is 0 Å². The molecule has 1 amide bonds. The molecule has 0 aromatic carbocycles. The first kappa shape index (κ1) is 15.2. The molecule has 2 atom stereocenters. The quantitative estimate of drug-likeness (QED) is 0.883. The van der Waals surface area contributed by atoms with Gasteiger partial charge in [0.1, 0.15) is 11.5 Å². The van der Waals surface area contributed by atoms with Gasteiger partial charge in [0.05, 0.1) is 6.10 Å². The van der Waals surface area contributed by atoms with Gasteiger partial charge < -0.3 is 19.9 Å². The van der Waals surface area contributed by atoms with Gasteiger partial charge in [-0.1, -0.05) is 0 Å². The molecule has 6 heteroatoms. The number of anilines is 1. The summed E-state index contributed by atoms with van der Waals surface area (Å²) in [5.74, 6) is 0.878. The summed E-state index contributed by atoms with van der Waals surface area (Å²) in [4.78, 5) is 18.8. The number of aliphatic hydroxyl groups is 1. The number of carbonyl (C=O) groups is 1.